The van der Waals surface area contributed by atoms with Crippen LogP contribution in [0.25, 0.3) is 0 Å². The van der Waals surface area contributed by atoms with Crippen LogP contribution >= 0.6 is 10.7 Å². The van der Waals surface area contributed by atoms with Crippen LogP contribution in [0.1, 0.15) is 5.69 Å². The van der Waals surface area contributed by atoms with Crippen LogP contribution in [0.5, 0.6) is 5.88 Å². The SMILES string of the molecule is Cc1nc(OC(F)F)ccc1S(=O)(=O)Cl. The molecule has 0 aliphatic carbocycles. The molecule has 0 radical (unpaired) electrons. The molecule has 15 heavy (non-hydrogen) atoms. The highest BCUT2D eigenvalue weighted by atomic mass is 35.7. The molecule has 1 rings (SSSR count). The molecule has 1 aromatic heterocycles. The summed E-state index contributed by atoms with van der Waals surface area (Å²) in [6, 6.07) is 2.07. The zero-order valence-corrected chi connectivity index (χ0v) is 9.02. The lowest BCUT2D eigenvalue weighted by atomic mass is 10.4. The lowest BCUT2D eigenvalue weighted by Gasteiger charge is -2.05. The fourth-order valence-corrected chi connectivity index (χ4v) is 2.06. The summed E-state index contributed by atoms with van der Waals surface area (Å²) < 4.78 is 49.4. The molecule has 1 heterocycles. The molecule has 1 aromatic rings. The van der Waals surface area contributed by atoms with Crippen LogP contribution in [0.2, 0.25) is 0 Å². The van der Waals surface area contributed by atoms with E-state index in [1.54, 1.807) is 0 Å². The van der Waals surface area contributed by atoms with Crippen LogP contribution in [-0.2, 0) is 9.05 Å². The number of nitrogens with zero attached hydrogens (tertiary/aromatic N) is 1. The van der Waals surface area contributed by atoms with Gasteiger partial charge in [-0.15, -0.1) is 0 Å². The molecule has 0 aliphatic rings. The summed E-state index contributed by atoms with van der Waals surface area (Å²) in [5, 5.41) is 0. The second-order valence-corrected chi connectivity index (χ2v) is 5.08. The molecular weight excluding hydrogens is 252 g/mol. The van der Waals surface area contributed by atoms with Crippen molar-refractivity contribution >= 4 is 19.7 Å². The number of hydrogen-bond donors (Lipinski definition) is 0. The zero-order valence-electron chi connectivity index (χ0n) is 7.45. The number of hydrogen-bond acceptors (Lipinski definition) is 4. The van der Waals surface area contributed by atoms with Crippen LogP contribution in [-0.4, -0.2) is 20.0 Å². The molecule has 84 valence electrons. The van der Waals surface area contributed by atoms with E-state index in [1.165, 1.54) is 6.92 Å². The Bertz CT molecular complexity index is 463. The summed E-state index contributed by atoms with van der Waals surface area (Å²) in [5.41, 5.74) is 0.00292. The van der Waals surface area contributed by atoms with E-state index in [1.807, 2.05) is 0 Å². The third-order valence-electron chi connectivity index (χ3n) is 1.48. The number of halogens is 3. The first kappa shape index (κ1) is 12.1. The second kappa shape index (κ2) is 4.28. The Morgan fingerprint density at radius 1 is 1.47 bits per heavy atom. The number of pyridine rings is 1. The van der Waals surface area contributed by atoms with Crippen molar-refractivity contribution in [2.24, 2.45) is 0 Å². The predicted molar refractivity (Wildman–Crippen MR) is 48.6 cm³/mol. The van der Waals surface area contributed by atoms with Gasteiger partial charge in [0.05, 0.1) is 5.69 Å². The van der Waals surface area contributed by atoms with Gasteiger partial charge in [-0.3, -0.25) is 0 Å². The molecule has 0 saturated carbocycles. The van der Waals surface area contributed by atoms with Crippen LogP contribution in [0.3, 0.4) is 0 Å². The third-order valence-corrected chi connectivity index (χ3v) is 2.94. The Labute approximate surface area is 89.3 Å². The Morgan fingerprint density at radius 3 is 2.47 bits per heavy atom. The number of aromatic nitrogens is 1. The maximum absolute atomic E-state index is 11.8. The highest BCUT2D eigenvalue weighted by Gasteiger charge is 2.16. The highest BCUT2D eigenvalue weighted by molar-refractivity contribution is 8.13. The monoisotopic (exact) mass is 257 g/mol. The van der Waals surface area contributed by atoms with E-state index in [0.717, 1.165) is 12.1 Å². The summed E-state index contributed by atoms with van der Waals surface area (Å²) in [5.74, 6) is -0.355. The molecule has 4 nitrogen and oxygen atoms in total. The van der Waals surface area contributed by atoms with Gasteiger partial charge in [-0.25, -0.2) is 13.4 Å². The molecule has 0 aromatic carbocycles. The van der Waals surface area contributed by atoms with Gasteiger partial charge in [0.15, 0.2) is 0 Å². The number of rotatable bonds is 3. The number of aryl methyl sites for hydroxylation is 1. The van der Waals surface area contributed by atoms with E-state index >= 15 is 0 Å². The Morgan fingerprint density at radius 2 is 2.07 bits per heavy atom. The molecule has 0 unspecified atom stereocenters. The van der Waals surface area contributed by atoms with Gasteiger partial charge >= 0.3 is 6.61 Å². The van der Waals surface area contributed by atoms with Crippen molar-refractivity contribution in [3.8, 4) is 5.88 Å². The van der Waals surface area contributed by atoms with Crippen molar-refractivity contribution in [2.75, 3.05) is 0 Å². The summed E-state index contributed by atoms with van der Waals surface area (Å²) in [4.78, 5) is 3.28. The summed E-state index contributed by atoms with van der Waals surface area (Å²) in [7, 11) is 1.15. The first-order chi connectivity index (χ1) is 6.80. The molecule has 0 atom stereocenters. The Kier molecular flexibility index (Phi) is 3.46. The number of ether oxygens (including phenoxy) is 1. The molecule has 0 spiro atoms. The molecular formula is C7H6ClF2NO3S. The molecule has 0 bridgehead atoms. The van der Waals surface area contributed by atoms with Crippen LogP contribution < -0.4 is 4.74 Å². The highest BCUT2D eigenvalue weighted by Crippen LogP contribution is 2.21. The van der Waals surface area contributed by atoms with Crippen molar-refractivity contribution in [1.82, 2.24) is 4.98 Å². The quantitative estimate of drug-likeness (QED) is 0.777. The number of alkyl halides is 2. The lowest BCUT2D eigenvalue weighted by molar-refractivity contribution is -0.0529. The average Bonchev–Trinajstić information content (AvgIpc) is 1.99. The topological polar surface area (TPSA) is 56.3 Å². The van der Waals surface area contributed by atoms with Gasteiger partial charge < -0.3 is 4.74 Å². The summed E-state index contributed by atoms with van der Waals surface area (Å²) in [6.07, 6.45) is 0. The Hall–Kier alpha value is -0.950. The van der Waals surface area contributed by atoms with Crippen LogP contribution in [0.15, 0.2) is 17.0 Å². The van der Waals surface area contributed by atoms with E-state index in [-0.39, 0.29) is 16.5 Å². The largest absolute Gasteiger partial charge is 0.417 e. The standard InChI is InChI=1S/C7H6ClF2NO3S/c1-4-5(15(8,12)13)2-3-6(11-4)14-7(9)10/h2-3,7H,1H3. The van der Waals surface area contributed by atoms with Crippen molar-refractivity contribution < 1.29 is 21.9 Å². The maximum Gasteiger partial charge on any atom is 0.388 e. The van der Waals surface area contributed by atoms with Gasteiger partial charge in [-0.2, -0.15) is 8.78 Å². The first-order valence-electron chi connectivity index (χ1n) is 3.68. The van der Waals surface area contributed by atoms with Crippen molar-refractivity contribution in [2.45, 2.75) is 18.4 Å². The first-order valence-corrected chi connectivity index (χ1v) is 5.99. The lowest BCUT2D eigenvalue weighted by Crippen LogP contribution is -2.05. The van der Waals surface area contributed by atoms with Crippen LogP contribution in [0, 0.1) is 6.92 Å². The molecule has 0 N–H and O–H groups in total. The van der Waals surface area contributed by atoms with Gasteiger partial charge in [0, 0.05) is 16.7 Å². The molecule has 0 fully saturated rings. The van der Waals surface area contributed by atoms with Gasteiger partial charge in [0.1, 0.15) is 4.90 Å². The molecule has 8 heteroatoms. The minimum absolute atomic E-state index is 0.00292. The smallest absolute Gasteiger partial charge is 0.388 e. The van der Waals surface area contributed by atoms with E-state index in [2.05, 4.69) is 9.72 Å². The van der Waals surface area contributed by atoms with Gasteiger partial charge in [-0.1, -0.05) is 0 Å². The fourth-order valence-electron chi connectivity index (χ4n) is 0.940. The zero-order chi connectivity index (χ0) is 11.6. The third kappa shape index (κ3) is 3.28. The maximum atomic E-state index is 11.8. The van der Waals surface area contributed by atoms with Crippen molar-refractivity contribution in [3.63, 3.8) is 0 Å². The van der Waals surface area contributed by atoms with Gasteiger partial charge in [-0.05, 0) is 13.0 Å². The van der Waals surface area contributed by atoms with Crippen molar-refractivity contribution in [1.29, 1.82) is 0 Å². The summed E-state index contributed by atoms with van der Waals surface area (Å²) in [6.45, 7) is -1.68. The minimum Gasteiger partial charge on any atom is -0.417 e. The van der Waals surface area contributed by atoms with E-state index in [0.29, 0.717) is 0 Å². The average molecular weight is 258 g/mol. The fraction of sp³-hybridized carbons (Fsp3) is 0.286. The Balaban J connectivity index is 3.09. The van der Waals surface area contributed by atoms with E-state index < -0.39 is 15.7 Å². The minimum atomic E-state index is -3.91. The predicted octanol–water partition coefficient (Wildman–Crippen LogP) is 1.92. The van der Waals surface area contributed by atoms with Gasteiger partial charge in [0.25, 0.3) is 9.05 Å². The van der Waals surface area contributed by atoms with Crippen LogP contribution in [0.4, 0.5) is 8.78 Å². The van der Waals surface area contributed by atoms with Gasteiger partial charge in [0.2, 0.25) is 5.88 Å². The molecule has 0 saturated heterocycles. The normalized spacial score (nSPS) is 11.8. The van der Waals surface area contributed by atoms with E-state index in [4.69, 9.17) is 10.7 Å². The van der Waals surface area contributed by atoms with E-state index in [9.17, 15) is 17.2 Å². The summed E-state index contributed by atoms with van der Waals surface area (Å²) >= 11 is 0. The van der Waals surface area contributed by atoms with Crippen molar-refractivity contribution in [3.05, 3.63) is 17.8 Å². The molecule has 0 amide bonds. The molecule has 0 aliphatic heterocycles. The second-order valence-electron chi connectivity index (χ2n) is 2.55.